The largest absolute Gasteiger partial charge is 0.496 e. The van der Waals surface area contributed by atoms with Gasteiger partial charge in [-0.3, -0.25) is 4.79 Å². The maximum atomic E-state index is 14.6. The molecule has 5 rings (SSSR count). The highest BCUT2D eigenvalue weighted by atomic mass is 35.5. The molecule has 2 aromatic heterocycles. The van der Waals surface area contributed by atoms with Gasteiger partial charge >= 0.3 is 24.3 Å². The molecule has 1 aliphatic rings. The van der Waals surface area contributed by atoms with Crippen molar-refractivity contribution in [1.29, 1.82) is 0 Å². The Bertz CT molecular complexity index is 1930. The fourth-order valence-corrected chi connectivity index (χ4v) is 6.93. The van der Waals surface area contributed by atoms with E-state index < -0.39 is 35.9 Å². The zero-order valence-corrected chi connectivity index (χ0v) is 30.1. The van der Waals surface area contributed by atoms with Gasteiger partial charge in [0.1, 0.15) is 28.1 Å². The van der Waals surface area contributed by atoms with Crippen molar-refractivity contribution < 1.29 is 64.5 Å². The zero-order valence-electron chi connectivity index (χ0n) is 28.5. The van der Waals surface area contributed by atoms with Crippen LogP contribution in [0.1, 0.15) is 40.9 Å². The van der Waals surface area contributed by atoms with Gasteiger partial charge in [-0.15, -0.1) is 11.3 Å². The Morgan fingerprint density at radius 1 is 0.907 bits per heavy atom. The van der Waals surface area contributed by atoms with Crippen LogP contribution in [-0.4, -0.2) is 83.6 Å². The summed E-state index contributed by atoms with van der Waals surface area (Å²) in [6.07, 6.45) is -5.02. The van der Waals surface area contributed by atoms with Crippen LogP contribution in [0.25, 0.3) is 21.2 Å². The number of methoxy groups -OCH3 is 1. The Morgan fingerprint density at radius 3 is 1.96 bits per heavy atom. The normalized spacial score (nSPS) is 15.6. The van der Waals surface area contributed by atoms with E-state index >= 15 is 0 Å². The number of benzene rings is 2. The summed E-state index contributed by atoms with van der Waals surface area (Å²) in [5.74, 6) is -5.71. The molecule has 0 atom stereocenters. The molecule has 54 heavy (non-hydrogen) atoms. The van der Waals surface area contributed by atoms with Crippen LogP contribution in [0.5, 0.6) is 5.75 Å². The number of aliphatic carboxylic acids is 2. The van der Waals surface area contributed by atoms with Crippen LogP contribution in [0.3, 0.4) is 0 Å². The molecule has 0 saturated heterocycles. The van der Waals surface area contributed by atoms with E-state index in [0.717, 1.165) is 71.7 Å². The summed E-state index contributed by atoms with van der Waals surface area (Å²) in [6, 6.07) is 12.2. The second-order valence-corrected chi connectivity index (χ2v) is 12.9. The minimum Gasteiger partial charge on any atom is -0.496 e. The van der Waals surface area contributed by atoms with Crippen LogP contribution in [-0.2, 0) is 16.1 Å². The summed E-state index contributed by atoms with van der Waals surface area (Å²) in [7, 11) is 5.36. The van der Waals surface area contributed by atoms with Gasteiger partial charge in [0.2, 0.25) is 0 Å². The number of carbonyl (C=O) groups is 3. The van der Waals surface area contributed by atoms with E-state index in [1.165, 1.54) is 0 Å². The molecule has 2 aromatic carbocycles. The molecule has 20 heteroatoms. The fraction of sp³-hybridized carbons (Fsp3) is 0.353. The number of carboxylic acids is 2. The lowest BCUT2D eigenvalue weighted by Gasteiger charge is -2.37. The Balaban J connectivity index is 0.000000476. The van der Waals surface area contributed by atoms with Crippen LogP contribution in [0.4, 0.5) is 40.9 Å². The number of nitrogens with zero attached hydrogens (tertiary/aromatic N) is 2. The van der Waals surface area contributed by atoms with Crippen molar-refractivity contribution in [2.24, 2.45) is 0 Å². The number of ether oxygens (including phenoxy) is 1. The first-order valence-electron chi connectivity index (χ1n) is 15.7. The number of anilines is 1. The third kappa shape index (κ3) is 11.1. The molecule has 10 nitrogen and oxygen atoms in total. The predicted octanol–water partition coefficient (Wildman–Crippen LogP) is 8.38. The zero-order chi connectivity index (χ0) is 40.5. The highest BCUT2D eigenvalue weighted by Crippen LogP contribution is 2.41. The highest BCUT2D eigenvalue weighted by Gasteiger charge is 2.39. The van der Waals surface area contributed by atoms with E-state index in [0.29, 0.717) is 11.8 Å². The van der Waals surface area contributed by atoms with Gasteiger partial charge in [0.15, 0.2) is 0 Å². The van der Waals surface area contributed by atoms with E-state index in [9.17, 15) is 39.9 Å². The molecule has 0 aliphatic heterocycles. The molecule has 0 bridgehead atoms. The molecule has 1 fully saturated rings. The van der Waals surface area contributed by atoms with Crippen molar-refractivity contribution in [1.82, 2.24) is 15.2 Å². The van der Waals surface area contributed by atoms with E-state index in [-0.39, 0.29) is 38.5 Å². The number of alkyl halides is 6. The molecular formula is C34H33ClF8N4O6S. The Labute approximate surface area is 311 Å². The molecule has 0 unspecified atom stereocenters. The number of carboxylic acid groups (broad SMARTS) is 2. The summed E-state index contributed by atoms with van der Waals surface area (Å²) in [4.78, 5) is 38.2. The van der Waals surface area contributed by atoms with Gasteiger partial charge in [0.05, 0.1) is 22.2 Å². The molecule has 0 spiro atoms. The van der Waals surface area contributed by atoms with Crippen molar-refractivity contribution in [2.45, 2.75) is 56.7 Å². The molecule has 0 radical (unpaired) electrons. The van der Waals surface area contributed by atoms with Gasteiger partial charge in [0, 0.05) is 37.4 Å². The number of thiophene rings is 1. The second kappa shape index (κ2) is 18.5. The van der Waals surface area contributed by atoms with Gasteiger partial charge in [-0.25, -0.2) is 23.4 Å². The van der Waals surface area contributed by atoms with E-state index in [4.69, 9.17) is 36.1 Å². The third-order valence-corrected chi connectivity index (χ3v) is 9.81. The number of hydrogen-bond acceptors (Lipinski definition) is 8. The van der Waals surface area contributed by atoms with E-state index in [1.54, 1.807) is 18.2 Å². The van der Waals surface area contributed by atoms with Gasteiger partial charge in [-0.1, -0.05) is 17.7 Å². The van der Waals surface area contributed by atoms with Crippen LogP contribution >= 0.6 is 22.9 Å². The van der Waals surface area contributed by atoms with Crippen molar-refractivity contribution in [2.75, 3.05) is 26.5 Å². The van der Waals surface area contributed by atoms with Gasteiger partial charge < -0.3 is 30.5 Å². The lowest BCUT2D eigenvalue weighted by atomic mass is 9.89. The monoisotopic (exact) mass is 812 g/mol. The lowest BCUT2D eigenvalue weighted by molar-refractivity contribution is -0.193. The maximum absolute atomic E-state index is 14.6. The van der Waals surface area contributed by atoms with Crippen molar-refractivity contribution >= 4 is 56.7 Å². The number of carbonyl (C=O) groups excluding carboxylic acids is 1. The molecule has 4 aromatic rings. The standard InChI is InChI=1S/C30H31ClF2N4O2S.2C2HF3O2/c1-34-20-5-7-21(8-6-20)37(30(38)29-27(31)26-22(32)9-10-23(33)28(26)40-29)16-19-14-17(4-11-24(19)39-3)18-12-13-36-25(15-18)35-2;2*3-2(4,5)1(6)7/h4,9-15,20-21,34H,5-8,16H2,1-3H3,(H,35,36);2*(H,6,7). The Kier molecular flexibility index (Phi) is 15.0. The van der Waals surface area contributed by atoms with Crippen LogP contribution in [0.15, 0.2) is 48.7 Å². The summed E-state index contributed by atoms with van der Waals surface area (Å²) in [5.41, 5.74) is 2.74. The second-order valence-electron chi connectivity index (χ2n) is 11.5. The van der Waals surface area contributed by atoms with Crippen molar-refractivity contribution in [3.8, 4) is 16.9 Å². The van der Waals surface area contributed by atoms with Gasteiger partial charge in [0.25, 0.3) is 5.91 Å². The molecule has 1 saturated carbocycles. The summed E-state index contributed by atoms with van der Waals surface area (Å²) in [6.45, 7) is 0.254. The predicted molar refractivity (Wildman–Crippen MR) is 185 cm³/mol. The quantitative estimate of drug-likeness (QED) is 0.129. The van der Waals surface area contributed by atoms with Crippen LogP contribution in [0.2, 0.25) is 5.02 Å². The molecule has 4 N–H and O–H groups in total. The summed E-state index contributed by atoms with van der Waals surface area (Å²) < 4.78 is 98.5. The SMILES string of the molecule is CNc1cc(-c2ccc(OC)c(CN(C(=O)c3sc4c(F)ccc(F)c4c3Cl)C3CCC(NC)CC3)c2)ccn1.O=C(O)C(F)(F)F.O=C(O)C(F)(F)F. The number of halogens is 9. The summed E-state index contributed by atoms with van der Waals surface area (Å²) in [5, 5.41) is 20.5. The number of aromatic nitrogens is 1. The number of pyridine rings is 1. The van der Waals surface area contributed by atoms with Gasteiger partial charge in [-0.05, 0) is 80.3 Å². The molecule has 1 aliphatic carbocycles. The average molecular weight is 813 g/mol. The number of hydrogen-bond donors (Lipinski definition) is 4. The molecular weight excluding hydrogens is 780 g/mol. The van der Waals surface area contributed by atoms with E-state index in [2.05, 4.69) is 15.6 Å². The number of fused-ring (bicyclic) bond motifs is 1. The number of nitrogens with one attached hydrogen (secondary N) is 2. The molecule has 1 amide bonds. The van der Waals surface area contributed by atoms with Crippen LogP contribution in [0, 0.1) is 11.6 Å². The first kappa shape index (κ1) is 43.7. The Morgan fingerprint density at radius 2 is 1.46 bits per heavy atom. The molecule has 294 valence electrons. The topological polar surface area (TPSA) is 141 Å². The first-order chi connectivity index (χ1) is 25.2. The molecule has 2 heterocycles. The summed E-state index contributed by atoms with van der Waals surface area (Å²) >= 11 is 7.46. The minimum atomic E-state index is -5.08. The average Bonchev–Trinajstić information content (AvgIpc) is 3.49. The van der Waals surface area contributed by atoms with Crippen LogP contribution < -0.4 is 15.4 Å². The highest BCUT2D eigenvalue weighted by molar-refractivity contribution is 7.21. The van der Waals surface area contributed by atoms with Crippen molar-refractivity contribution in [3.63, 3.8) is 0 Å². The van der Waals surface area contributed by atoms with E-state index in [1.807, 2.05) is 44.4 Å². The lowest BCUT2D eigenvalue weighted by Crippen LogP contribution is -2.44. The number of amides is 1. The smallest absolute Gasteiger partial charge is 0.490 e. The number of rotatable bonds is 8. The third-order valence-electron chi connectivity index (χ3n) is 8.14. The Hall–Kier alpha value is -4.75. The maximum Gasteiger partial charge on any atom is 0.490 e. The van der Waals surface area contributed by atoms with Gasteiger partial charge in [-0.2, -0.15) is 26.3 Å². The van der Waals surface area contributed by atoms with Crippen molar-refractivity contribution in [3.05, 3.63) is 75.8 Å². The minimum absolute atomic E-state index is 0.0461. The fourth-order valence-electron chi connectivity index (χ4n) is 5.42. The first-order valence-corrected chi connectivity index (χ1v) is 16.9.